The van der Waals surface area contributed by atoms with Crippen LogP contribution in [0.25, 0.3) is 0 Å². The molecule has 1 fully saturated rings. The van der Waals surface area contributed by atoms with Gasteiger partial charge in [0.2, 0.25) is 5.96 Å². The Hall–Kier alpha value is -2.09. The maximum absolute atomic E-state index is 11.9. The van der Waals surface area contributed by atoms with E-state index in [4.69, 9.17) is 5.73 Å². The molecular formula is C13H18N4O3S. The Morgan fingerprint density at radius 1 is 1.38 bits per heavy atom. The molecule has 114 valence electrons. The Labute approximate surface area is 123 Å². The number of hydrazone groups is 1. The lowest BCUT2D eigenvalue weighted by Gasteiger charge is -2.13. The zero-order chi connectivity index (χ0) is 15.5. The second-order valence-corrected chi connectivity index (χ2v) is 7.28. The molecule has 0 bridgehead atoms. The summed E-state index contributed by atoms with van der Waals surface area (Å²) in [4.78, 5) is 11.9. The number of sulfone groups is 1. The summed E-state index contributed by atoms with van der Waals surface area (Å²) < 4.78 is 22.9. The number of rotatable bonds is 3. The fourth-order valence-corrected chi connectivity index (χ4v) is 3.08. The van der Waals surface area contributed by atoms with Gasteiger partial charge in [-0.1, -0.05) is 18.2 Å². The van der Waals surface area contributed by atoms with Gasteiger partial charge in [-0.15, -0.1) is 5.10 Å². The fraction of sp³-hybridized carbons (Fsp3) is 0.385. The lowest BCUT2D eigenvalue weighted by molar-refractivity contribution is 0.0976. The third-order valence-electron chi connectivity index (χ3n) is 3.26. The standard InChI is InChI=1S/C13H18N4O3S/c1-21(19,20)11-7-8-17(9-11)16-13(14)15-12(18)10-5-3-2-4-6-10/h2-6,11H,7-9H2,1H3,(H3,14,15,16,18). The Morgan fingerprint density at radius 3 is 2.62 bits per heavy atom. The summed E-state index contributed by atoms with van der Waals surface area (Å²) in [6, 6.07) is 8.64. The molecule has 0 saturated carbocycles. The van der Waals surface area contributed by atoms with Gasteiger partial charge < -0.3 is 5.73 Å². The van der Waals surface area contributed by atoms with Crippen LogP contribution in [0.4, 0.5) is 0 Å². The predicted octanol–water partition coefficient (Wildman–Crippen LogP) is -0.235. The van der Waals surface area contributed by atoms with E-state index in [1.54, 1.807) is 29.3 Å². The lowest BCUT2D eigenvalue weighted by Crippen LogP contribution is -2.39. The molecule has 2 rings (SSSR count). The summed E-state index contributed by atoms with van der Waals surface area (Å²) in [5.74, 6) is -0.395. The average molecular weight is 310 g/mol. The number of carbonyl (C=O) groups is 1. The van der Waals surface area contributed by atoms with Crippen LogP contribution >= 0.6 is 0 Å². The predicted molar refractivity (Wildman–Crippen MR) is 80.4 cm³/mol. The van der Waals surface area contributed by atoms with Crippen molar-refractivity contribution < 1.29 is 13.2 Å². The van der Waals surface area contributed by atoms with Crippen LogP contribution in [-0.2, 0) is 9.84 Å². The summed E-state index contributed by atoms with van der Waals surface area (Å²) in [5.41, 5.74) is 6.15. The van der Waals surface area contributed by atoms with E-state index >= 15 is 0 Å². The van der Waals surface area contributed by atoms with E-state index in [-0.39, 0.29) is 11.9 Å². The third-order valence-corrected chi connectivity index (χ3v) is 4.85. The molecule has 7 nitrogen and oxygen atoms in total. The van der Waals surface area contributed by atoms with Gasteiger partial charge in [0.1, 0.15) is 0 Å². The van der Waals surface area contributed by atoms with E-state index in [1.165, 1.54) is 6.26 Å². The molecule has 1 aromatic carbocycles. The van der Waals surface area contributed by atoms with E-state index in [9.17, 15) is 13.2 Å². The van der Waals surface area contributed by atoms with Crippen molar-refractivity contribution >= 4 is 21.7 Å². The second kappa shape index (κ2) is 6.13. The van der Waals surface area contributed by atoms with Crippen LogP contribution in [0.2, 0.25) is 0 Å². The highest BCUT2D eigenvalue weighted by Gasteiger charge is 2.29. The van der Waals surface area contributed by atoms with Crippen LogP contribution in [0.1, 0.15) is 16.8 Å². The Bertz CT molecular complexity index is 643. The minimum absolute atomic E-state index is 0.0435. The monoisotopic (exact) mass is 310 g/mol. The minimum atomic E-state index is -3.08. The molecule has 3 N–H and O–H groups in total. The van der Waals surface area contributed by atoms with E-state index in [0.717, 1.165) is 0 Å². The van der Waals surface area contributed by atoms with Crippen molar-refractivity contribution in [3.63, 3.8) is 0 Å². The minimum Gasteiger partial charge on any atom is -0.368 e. The van der Waals surface area contributed by atoms with E-state index in [0.29, 0.717) is 25.1 Å². The first-order chi connectivity index (χ1) is 9.86. The van der Waals surface area contributed by atoms with Crippen LogP contribution in [0.3, 0.4) is 0 Å². The van der Waals surface area contributed by atoms with E-state index in [1.807, 2.05) is 6.07 Å². The summed E-state index contributed by atoms with van der Waals surface area (Å²) in [7, 11) is -3.08. The highest BCUT2D eigenvalue weighted by Crippen LogP contribution is 2.16. The summed E-state index contributed by atoms with van der Waals surface area (Å²) in [6.07, 6.45) is 1.73. The van der Waals surface area contributed by atoms with E-state index in [2.05, 4.69) is 10.4 Å². The lowest BCUT2D eigenvalue weighted by atomic mass is 10.2. The van der Waals surface area contributed by atoms with Crippen molar-refractivity contribution in [3.05, 3.63) is 35.9 Å². The number of amides is 1. The number of nitrogens with one attached hydrogen (secondary N) is 1. The molecule has 1 saturated heterocycles. The van der Waals surface area contributed by atoms with Gasteiger partial charge in [0.05, 0.1) is 11.8 Å². The molecule has 1 aliphatic heterocycles. The van der Waals surface area contributed by atoms with Gasteiger partial charge in [0, 0.05) is 18.4 Å². The number of hydrogen-bond acceptors (Lipinski definition) is 5. The highest BCUT2D eigenvalue weighted by atomic mass is 32.2. The van der Waals surface area contributed by atoms with Gasteiger partial charge in [0.15, 0.2) is 9.84 Å². The first kappa shape index (κ1) is 15.3. The molecule has 0 spiro atoms. The average Bonchev–Trinajstić information content (AvgIpc) is 2.88. The topological polar surface area (TPSA) is 105 Å². The molecule has 1 unspecified atom stereocenters. The number of carbonyl (C=O) groups excluding carboxylic acids is 1. The molecule has 1 aromatic rings. The quantitative estimate of drug-likeness (QED) is 0.592. The third kappa shape index (κ3) is 4.19. The van der Waals surface area contributed by atoms with Gasteiger partial charge in [-0.25, -0.2) is 8.42 Å². The smallest absolute Gasteiger partial charge is 0.257 e. The van der Waals surface area contributed by atoms with Crippen LogP contribution < -0.4 is 11.1 Å². The number of nitrogens with two attached hydrogens (primary N) is 1. The molecular weight excluding hydrogens is 292 g/mol. The Balaban J connectivity index is 1.95. The van der Waals surface area contributed by atoms with E-state index < -0.39 is 15.1 Å². The molecule has 1 amide bonds. The number of guanidine groups is 1. The van der Waals surface area contributed by atoms with Gasteiger partial charge >= 0.3 is 0 Å². The van der Waals surface area contributed by atoms with Crippen LogP contribution in [0.15, 0.2) is 35.4 Å². The maximum Gasteiger partial charge on any atom is 0.257 e. The Morgan fingerprint density at radius 2 is 2.05 bits per heavy atom. The molecule has 21 heavy (non-hydrogen) atoms. The molecule has 1 heterocycles. The van der Waals surface area contributed by atoms with Crippen molar-refractivity contribution in [3.8, 4) is 0 Å². The zero-order valence-electron chi connectivity index (χ0n) is 11.7. The van der Waals surface area contributed by atoms with Crippen molar-refractivity contribution in [2.75, 3.05) is 19.3 Å². The van der Waals surface area contributed by atoms with Gasteiger partial charge in [0.25, 0.3) is 5.91 Å². The fourth-order valence-electron chi connectivity index (χ4n) is 2.11. The van der Waals surface area contributed by atoms with Crippen LogP contribution in [0.5, 0.6) is 0 Å². The molecule has 0 aliphatic carbocycles. The highest BCUT2D eigenvalue weighted by molar-refractivity contribution is 7.91. The summed E-state index contributed by atoms with van der Waals surface area (Å²) in [5, 5.41) is 7.64. The summed E-state index contributed by atoms with van der Waals surface area (Å²) >= 11 is 0. The van der Waals surface area contributed by atoms with Crippen molar-refractivity contribution in [2.24, 2.45) is 10.8 Å². The van der Waals surface area contributed by atoms with Crippen molar-refractivity contribution in [2.45, 2.75) is 11.7 Å². The SMILES string of the molecule is CS(=O)(=O)C1CCN(N=C(N)NC(=O)c2ccccc2)C1. The molecule has 0 radical (unpaired) electrons. The summed E-state index contributed by atoms with van der Waals surface area (Å²) in [6.45, 7) is 0.792. The molecule has 8 heteroatoms. The normalized spacial score (nSPS) is 19.6. The van der Waals surface area contributed by atoms with Gasteiger partial charge in [-0.3, -0.25) is 15.1 Å². The molecule has 1 atom stereocenters. The van der Waals surface area contributed by atoms with Crippen molar-refractivity contribution in [1.29, 1.82) is 0 Å². The van der Waals surface area contributed by atoms with Crippen molar-refractivity contribution in [1.82, 2.24) is 10.3 Å². The van der Waals surface area contributed by atoms with Crippen LogP contribution in [0, 0.1) is 0 Å². The van der Waals surface area contributed by atoms with Crippen LogP contribution in [-0.4, -0.2) is 49.9 Å². The van der Waals surface area contributed by atoms with Gasteiger partial charge in [-0.2, -0.15) is 0 Å². The number of hydrogen-bond donors (Lipinski definition) is 2. The van der Waals surface area contributed by atoms with Gasteiger partial charge in [-0.05, 0) is 18.6 Å². The molecule has 0 aromatic heterocycles. The largest absolute Gasteiger partial charge is 0.368 e. The zero-order valence-corrected chi connectivity index (χ0v) is 12.5. The molecule has 1 aliphatic rings. The Kier molecular flexibility index (Phi) is 4.46. The maximum atomic E-state index is 11.9. The second-order valence-electron chi connectivity index (χ2n) is 4.96. The first-order valence-corrected chi connectivity index (χ1v) is 8.46. The number of benzene rings is 1. The number of nitrogens with zero attached hydrogens (tertiary/aromatic N) is 2. The first-order valence-electron chi connectivity index (χ1n) is 6.50.